The number of H-pyrrole nitrogens is 1. The van der Waals surface area contributed by atoms with Gasteiger partial charge in [0, 0.05) is 68.1 Å². The van der Waals surface area contributed by atoms with Gasteiger partial charge in [-0.3, -0.25) is 39.3 Å². The number of hydrogen-bond donors (Lipinski definition) is 3. The summed E-state index contributed by atoms with van der Waals surface area (Å²) < 4.78 is 5.55. The van der Waals surface area contributed by atoms with Gasteiger partial charge in [0.05, 0.1) is 18.8 Å². The van der Waals surface area contributed by atoms with Gasteiger partial charge in [-0.05, 0) is 73.3 Å². The van der Waals surface area contributed by atoms with Gasteiger partial charge in [-0.2, -0.15) is 5.10 Å². The molecule has 4 aliphatic rings. The quantitative estimate of drug-likeness (QED) is 0.206. The molecule has 4 aliphatic heterocycles. The van der Waals surface area contributed by atoms with Crippen molar-refractivity contribution in [2.75, 3.05) is 37.5 Å². The summed E-state index contributed by atoms with van der Waals surface area (Å²) in [6, 6.07) is 22.7. The van der Waals surface area contributed by atoms with Gasteiger partial charge in [-0.1, -0.05) is 42.5 Å². The van der Waals surface area contributed by atoms with Gasteiger partial charge in [0.25, 0.3) is 17.7 Å². The van der Waals surface area contributed by atoms with E-state index in [9.17, 15) is 24.0 Å². The lowest BCUT2D eigenvalue weighted by Gasteiger charge is -2.38. The highest BCUT2D eigenvalue weighted by molar-refractivity contribution is 6.06. The molecule has 0 saturated carbocycles. The molecule has 0 bridgehead atoms. The monoisotopic (exact) mass is 744 g/mol. The number of benzene rings is 3. The topological polar surface area (TPSA) is 160 Å². The molecule has 1 unspecified atom stereocenters. The number of ether oxygens (including phenoxy) is 1. The summed E-state index contributed by atoms with van der Waals surface area (Å²) in [5.74, 6) is -0.858. The lowest BCUT2D eigenvalue weighted by atomic mass is 10.0. The molecule has 0 aliphatic carbocycles. The molecule has 284 valence electrons. The van der Waals surface area contributed by atoms with Crippen LogP contribution in [0.3, 0.4) is 0 Å². The summed E-state index contributed by atoms with van der Waals surface area (Å²) in [5, 5.41) is 12.6. The smallest absolute Gasteiger partial charge is 0.256 e. The first kappa shape index (κ1) is 36.1. The lowest BCUT2D eigenvalue weighted by molar-refractivity contribution is -0.143. The van der Waals surface area contributed by atoms with Crippen LogP contribution in [0.1, 0.15) is 80.5 Å². The number of carbonyl (C=O) groups is 5. The molecule has 55 heavy (non-hydrogen) atoms. The molecule has 14 nitrogen and oxygen atoms in total. The van der Waals surface area contributed by atoms with E-state index in [1.54, 1.807) is 9.80 Å². The number of hydrogen-bond acceptors (Lipinski definition) is 9. The maximum atomic E-state index is 13.3. The van der Waals surface area contributed by atoms with Gasteiger partial charge in [0.15, 0.2) is 11.9 Å². The summed E-state index contributed by atoms with van der Waals surface area (Å²) in [6.45, 7) is 3.54. The Morgan fingerprint density at radius 2 is 1.73 bits per heavy atom. The Morgan fingerprint density at radius 3 is 2.45 bits per heavy atom. The standard InChI is InChI=1S/C41H44N8O6/c1-46(21-25-8-13-31-28(20-25)22-49(40(31)53)34-14-15-35(50)42-39(34)52)29-16-18-47(19-17-29)30-11-9-27(10-12-30)38(51)43-37-32-23-48(24-33(32)44-45-37)41(54)36(55-2)26-6-4-3-5-7-26/h3-13,20,29,34,36H,14-19,21-24H2,1-2H3,(H,42,50,52)(H2,43,44,45,51)/t34?,36-/m1/s1. The molecule has 3 aromatic carbocycles. The van der Waals surface area contributed by atoms with Crippen molar-refractivity contribution in [1.82, 2.24) is 30.2 Å². The molecule has 8 rings (SSSR count). The van der Waals surface area contributed by atoms with Crippen LogP contribution < -0.4 is 15.5 Å². The van der Waals surface area contributed by atoms with Crippen molar-refractivity contribution in [1.29, 1.82) is 0 Å². The van der Waals surface area contributed by atoms with Gasteiger partial charge in [0.2, 0.25) is 11.8 Å². The van der Waals surface area contributed by atoms with Crippen molar-refractivity contribution in [3.63, 3.8) is 0 Å². The van der Waals surface area contributed by atoms with Crippen LogP contribution in [0, 0.1) is 0 Å². The zero-order valence-corrected chi connectivity index (χ0v) is 30.9. The van der Waals surface area contributed by atoms with Crippen LogP contribution in [0.15, 0.2) is 72.8 Å². The van der Waals surface area contributed by atoms with Crippen molar-refractivity contribution in [2.45, 2.75) is 70.0 Å². The van der Waals surface area contributed by atoms with Crippen molar-refractivity contribution in [2.24, 2.45) is 0 Å². The molecular weight excluding hydrogens is 701 g/mol. The van der Waals surface area contributed by atoms with E-state index in [1.807, 2.05) is 66.7 Å². The first-order valence-electron chi connectivity index (χ1n) is 18.7. The van der Waals surface area contributed by atoms with E-state index in [0.29, 0.717) is 49.0 Å². The van der Waals surface area contributed by atoms with Gasteiger partial charge >= 0.3 is 0 Å². The summed E-state index contributed by atoms with van der Waals surface area (Å²) in [5.41, 5.74) is 6.59. The van der Waals surface area contributed by atoms with Gasteiger partial charge in [-0.15, -0.1) is 0 Å². The van der Waals surface area contributed by atoms with E-state index < -0.39 is 18.1 Å². The highest BCUT2D eigenvalue weighted by Gasteiger charge is 2.39. The van der Waals surface area contributed by atoms with E-state index >= 15 is 0 Å². The fourth-order valence-corrected chi connectivity index (χ4v) is 8.28. The molecule has 14 heteroatoms. The lowest BCUT2D eigenvalue weighted by Crippen LogP contribution is -2.52. The second kappa shape index (κ2) is 15.1. The van der Waals surface area contributed by atoms with E-state index in [4.69, 9.17) is 4.74 Å². The van der Waals surface area contributed by atoms with E-state index in [2.05, 4.69) is 43.7 Å². The second-order valence-corrected chi connectivity index (χ2v) is 14.8. The number of nitrogens with one attached hydrogen (secondary N) is 3. The summed E-state index contributed by atoms with van der Waals surface area (Å²) in [6.07, 6.45) is 1.83. The van der Waals surface area contributed by atoms with E-state index in [0.717, 1.165) is 66.1 Å². The molecule has 0 spiro atoms. The third-order valence-electron chi connectivity index (χ3n) is 11.4. The number of rotatable bonds is 10. The highest BCUT2D eigenvalue weighted by Crippen LogP contribution is 2.32. The molecule has 5 amide bonds. The number of carbonyl (C=O) groups excluding carboxylic acids is 5. The van der Waals surface area contributed by atoms with Gasteiger partial charge < -0.3 is 24.8 Å². The van der Waals surface area contributed by atoms with Crippen LogP contribution in [0.2, 0.25) is 0 Å². The Balaban J connectivity index is 0.820. The molecule has 2 fully saturated rings. The molecule has 5 heterocycles. The molecule has 4 aromatic rings. The van der Waals surface area contributed by atoms with Crippen LogP contribution in [0.5, 0.6) is 0 Å². The second-order valence-electron chi connectivity index (χ2n) is 14.8. The average Bonchev–Trinajstić information content (AvgIpc) is 3.89. The molecule has 1 aromatic heterocycles. The van der Waals surface area contributed by atoms with Crippen LogP contribution in [-0.2, 0) is 45.3 Å². The van der Waals surface area contributed by atoms with Crippen LogP contribution in [-0.4, -0.2) is 93.8 Å². The minimum atomic E-state index is -0.714. The number of aromatic nitrogens is 2. The third kappa shape index (κ3) is 7.22. The molecule has 2 atom stereocenters. The SMILES string of the molecule is CO[C@@H](C(=O)N1Cc2[nH]nc(NC(=O)c3ccc(N4CCC(N(C)Cc5ccc6c(c5)CN(C5CCC(=O)NC5=O)C6=O)CC4)cc3)c2C1)c1ccccc1. The van der Waals surface area contributed by atoms with Gasteiger partial charge in [-0.25, -0.2) is 0 Å². The van der Waals surface area contributed by atoms with E-state index in [1.165, 1.54) is 7.11 Å². The predicted molar refractivity (Wildman–Crippen MR) is 203 cm³/mol. The van der Waals surface area contributed by atoms with Crippen molar-refractivity contribution in [3.05, 3.63) is 112 Å². The molecule has 2 saturated heterocycles. The Morgan fingerprint density at radius 1 is 0.964 bits per heavy atom. The first-order chi connectivity index (χ1) is 26.7. The molecule has 3 N–H and O–H groups in total. The zero-order chi connectivity index (χ0) is 38.2. The molecular formula is C41H44N8O6. The Labute approximate surface area is 318 Å². The number of amides is 5. The Hall–Kier alpha value is -5.86. The van der Waals surface area contributed by atoms with Gasteiger partial charge in [0.1, 0.15) is 6.04 Å². The third-order valence-corrected chi connectivity index (χ3v) is 11.4. The minimum Gasteiger partial charge on any atom is -0.371 e. The fourth-order valence-electron chi connectivity index (χ4n) is 8.28. The average molecular weight is 745 g/mol. The van der Waals surface area contributed by atoms with Crippen molar-refractivity contribution < 1.29 is 28.7 Å². The zero-order valence-electron chi connectivity index (χ0n) is 30.9. The number of anilines is 2. The normalized spacial score (nSPS) is 19.1. The highest BCUT2D eigenvalue weighted by atomic mass is 16.5. The summed E-state index contributed by atoms with van der Waals surface area (Å²) in [4.78, 5) is 71.7. The van der Waals surface area contributed by atoms with E-state index in [-0.39, 0.29) is 30.0 Å². The Kier molecular flexibility index (Phi) is 9.93. The minimum absolute atomic E-state index is 0.152. The first-order valence-corrected chi connectivity index (χ1v) is 18.7. The number of fused-ring (bicyclic) bond motifs is 2. The Bertz CT molecular complexity index is 2130. The number of aromatic amines is 1. The van der Waals surface area contributed by atoms with Crippen molar-refractivity contribution in [3.8, 4) is 0 Å². The number of nitrogens with zero attached hydrogens (tertiary/aromatic N) is 5. The largest absolute Gasteiger partial charge is 0.371 e. The number of imide groups is 1. The maximum absolute atomic E-state index is 13.3. The molecule has 0 radical (unpaired) electrons. The maximum Gasteiger partial charge on any atom is 0.256 e. The summed E-state index contributed by atoms with van der Waals surface area (Å²) >= 11 is 0. The fraction of sp³-hybridized carbons (Fsp3) is 0.366. The van der Waals surface area contributed by atoms with Crippen LogP contribution >= 0.6 is 0 Å². The van der Waals surface area contributed by atoms with Crippen LogP contribution in [0.4, 0.5) is 11.5 Å². The number of piperidine rings is 2. The predicted octanol–water partition coefficient (Wildman–Crippen LogP) is 3.75. The number of methoxy groups -OCH3 is 1. The van der Waals surface area contributed by atoms with Crippen LogP contribution in [0.25, 0.3) is 0 Å². The summed E-state index contributed by atoms with van der Waals surface area (Å²) in [7, 11) is 3.66. The van der Waals surface area contributed by atoms with Crippen molar-refractivity contribution >= 4 is 41.0 Å².